The first-order valence-corrected chi connectivity index (χ1v) is 8.13. The first kappa shape index (κ1) is 15.4. The number of allylic oxidation sites excluding steroid dienone is 1. The van der Waals surface area contributed by atoms with Crippen molar-refractivity contribution in [3.8, 4) is 0 Å². The van der Waals surface area contributed by atoms with Gasteiger partial charge in [0.25, 0.3) is 0 Å². The van der Waals surface area contributed by atoms with Crippen LogP contribution in [0.3, 0.4) is 0 Å². The van der Waals surface area contributed by atoms with Crippen LogP contribution < -0.4 is 5.43 Å². The maximum atomic E-state index is 12.8. The summed E-state index contributed by atoms with van der Waals surface area (Å²) in [5.41, 5.74) is 4.27. The van der Waals surface area contributed by atoms with Gasteiger partial charge in [-0.2, -0.15) is 0 Å². The Bertz CT molecular complexity index is 1100. The van der Waals surface area contributed by atoms with Crippen molar-refractivity contribution in [3.05, 3.63) is 80.7 Å². The van der Waals surface area contributed by atoms with E-state index in [1.54, 1.807) is 6.07 Å². The molecule has 3 aromatic rings. The lowest BCUT2D eigenvalue weighted by Gasteiger charge is -2.05. The maximum Gasteiger partial charge on any atom is 0.335 e. The van der Waals surface area contributed by atoms with Gasteiger partial charge in [-0.1, -0.05) is 29.8 Å². The maximum absolute atomic E-state index is 12.8. The van der Waals surface area contributed by atoms with Crippen molar-refractivity contribution in [2.45, 2.75) is 19.8 Å². The number of fused-ring (bicyclic) bond motifs is 2. The number of hydrogen-bond donors (Lipinski definition) is 1. The lowest BCUT2D eigenvalue weighted by atomic mass is 10.1. The summed E-state index contributed by atoms with van der Waals surface area (Å²) in [5.74, 6) is -0.427. The second-order valence-electron chi connectivity index (χ2n) is 6.34. The third-order valence-corrected chi connectivity index (χ3v) is 4.55. The van der Waals surface area contributed by atoms with Crippen LogP contribution in [0.15, 0.2) is 51.7 Å². The molecule has 4 nitrogen and oxygen atoms in total. The highest BCUT2D eigenvalue weighted by Gasteiger charge is 2.24. The molecule has 2 aromatic carbocycles. The zero-order valence-electron chi connectivity index (χ0n) is 13.7. The van der Waals surface area contributed by atoms with Gasteiger partial charge in [0.1, 0.15) is 11.3 Å². The molecule has 4 rings (SSSR count). The summed E-state index contributed by atoms with van der Waals surface area (Å²) in [7, 11) is 0. The number of benzene rings is 2. The molecule has 1 aliphatic carbocycles. The van der Waals surface area contributed by atoms with Gasteiger partial charge in [0.2, 0.25) is 0 Å². The number of rotatable bonds is 2. The molecule has 25 heavy (non-hydrogen) atoms. The zero-order valence-corrected chi connectivity index (χ0v) is 13.7. The van der Waals surface area contributed by atoms with E-state index in [0.717, 1.165) is 17.6 Å². The molecule has 0 saturated heterocycles. The third kappa shape index (κ3) is 2.66. The van der Waals surface area contributed by atoms with Crippen LogP contribution >= 0.6 is 0 Å². The average Bonchev–Trinajstić information content (AvgIpc) is 2.98. The van der Waals surface area contributed by atoms with E-state index >= 15 is 0 Å². The SMILES string of the molecule is Cc1cccc(C=C2CCc3c2oc2ccc(C(=O)O)cc2c3=O)c1. The molecule has 1 heterocycles. The van der Waals surface area contributed by atoms with Gasteiger partial charge in [0.15, 0.2) is 5.43 Å². The smallest absolute Gasteiger partial charge is 0.335 e. The summed E-state index contributed by atoms with van der Waals surface area (Å²) >= 11 is 0. The average molecular weight is 332 g/mol. The number of aryl methyl sites for hydroxylation is 1. The Morgan fingerprint density at radius 1 is 1.16 bits per heavy atom. The van der Waals surface area contributed by atoms with E-state index in [1.807, 2.05) is 25.1 Å². The third-order valence-electron chi connectivity index (χ3n) is 4.55. The molecule has 0 aliphatic heterocycles. The van der Waals surface area contributed by atoms with Crippen molar-refractivity contribution in [3.63, 3.8) is 0 Å². The predicted molar refractivity (Wildman–Crippen MR) is 96.8 cm³/mol. The fourth-order valence-corrected chi connectivity index (χ4v) is 3.33. The molecule has 1 aliphatic rings. The van der Waals surface area contributed by atoms with E-state index in [2.05, 4.69) is 12.1 Å². The van der Waals surface area contributed by atoms with Crippen molar-refractivity contribution in [2.24, 2.45) is 0 Å². The van der Waals surface area contributed by atoms with Crippen LogP contribution in [0.25, 0.3) is 22.6 Å². The van der Waals surface area contributed by atoms with Crippen LogP contribution in [-0.4, -0.2) is 11.1 Å². The summed E-state index contributed by atoms with van der Waals surface area (Å²) in [6.45, 7) is 2.04. The fraction of sp³-hybridized carbons (Fsp3) is 0.143. The second-order valence-corrected chi connectivity index (χ2v) is 6.34. The Morgan fingerprint density at radius 3 is 2.76 bits per heavy atom. The van der Waals surface area contributed by atoms with Gasteiger partial charge in [-0.05, 0) is 55.2 Å². The van der Waals surface area contributed by atoms with E-state index in [0.29, 0.717) is 28.7 Å². The van der Waals surface area contributed by atoms with Crippen LogP contribution in [0, 0.1) is 6.92 Å². The Morgan fingerprint density at radius 2 is 2.00 bits per heavy atom. The molecule has 1 N–H and O–H groups in total. The number of hydrogen-bond acceptors (Lipinski definition) is 3. The van der Waals surface area contributed by atoms with Crippen molar-refractivity contribution in [2.75, 3.05) is 0 Å². The summed E-state index contributed by atoms with van der Waals surface area (Å²) in [4.78, 5) is 23.9. The summed E-state index contributed by atoms with van der Waals surface area (Å²) in [5, 5.41) is 9.44. The van der Waals surface area contributed by atoms with Gasteiger partial charge in [0.05, 0.1) is 10.9 Å². The molecule has 0 amide bonds. The van der Waals surface area contributed by atoms with Crippen LogP contribution in [0.4, 0.5) is 0 Å². The molecule has 0 atom stereocenters. The standard InChI is InChI=1S/C21H16O4/c1-12-3-2-4-13(9-12)10-14-5-7-16-19(22)17-11-15(21(23)24)6-8-18(17)25-20(14)16/h2-4,6,8-11H,5,7H2,1H3,(H,23,24). The van der Waals surface area contributed by atoms with Crippen LogP contribution in [0.1, 0.15) is 39.2 Å². The second kappa shape index (κ2) is 5.74. The fourth-order valence-electron chi connectivity index (χ4n) is 3.33. The van der Waals surface area contributed by atoms with Crippen molar-refractivity contribution < 1.29 is 14.3 Å². The minimum atomic E-state index is -1.05. The molecule has 0 unspecified atom stereocenters. The van der Waals surface area contributed by atoms with E-state index in [1.165, 1.54) is 17.7 Å². The summed E-state index contributed by atoms with van der Waals surface area (Å²) < 4.78 is 5.97. The Balaban J connectivity index is 1.88. The van der Waals surface area contributed by atoms with Crippen LogP contribution in [0.2, 0.25) is 0 Å². The van der Waals surface area contributed by atoms with Crippen molar-refractivity contribution in [1.82, 2.24) is 0 Å². The van der Waals surface area contributed by atoms with Crippen molar-refractivity contribution >= 4 is 28.6 Å². The Kier molecular flexibility index (Phi) is 3.53. The highest BCUT2D eigenvalue weighted by molar-refractivity contribution is 5.94. The lowest BCUT2D eigenvalue weighted by Crippen LogP contribution is -2.09. The minimum absolute atomic E-state index is 0.0910. The molecule has 0 saturated carbocycles. The predicted octanol–water partition coefficient (Wildman–Crippen LogP) is 4.29. The topological polar surface area (TPSA) is 67.5 Å². The lowest BCUT2D eigenvalue weighted by molar-refractivity contribution is 0.0697. The van der Waals surface area contributed by atoms with Crippen molar-refractivity contribution in [1.29, 1.82) is 0 Å². The summed E-state index contributed by atoms with van der Waals surface area (Å²) in [6.07, 6.45) is 3.41. The van der Waals surface area contributed by atoms with Gasteiger partial charge in [0, 0.05) is 5.56 Å². The van der Waals surface area contributed by atoms with Crippen LogP contribution in [0.5, 0.6) is 0 Å². The summed E-state index contributed by atoms with van der Waals surface area (Å²) in [6, 6.07) is 12.6. The largest absolute Gasteiger partial charge is 0.478 e. The zero-order chi connectivity index (χ0) is 17.6. The first-order valence-electron chi connectivity index (χ1n) is 8.13. The monoisotopic (exact) mass is 332 g/mol. The van der Waals surface area contributed by atoms with E-state index in [4.69, 9.17) is 9.52 Å². The molecule has 4 heteroatoms. The molecule has 0 spiro atoms. The number of carboxylic acid groups (broad SMARTS) is 1. The quantitative estimate of drug-likeness (QED) is 0.760. The molecule has 1 aromatic heterocycles. The first-order chi connectivity index (χ1) is 12.0. The Labute approximate surface area is 144 Å². The van der Waals surface area contributed by atoms with Gasteiger partial charge in [-0.3, -0.25) is 4.79 Å². The molecular weight excluding hydrogens is 316 g/mol. The molecule has 0 radical (unpaired) electrons. The van der Waals surface area contributed by atoms with Gasteiger partial charge >= 0.3 is 5.97 Å². The number of carboxylic acids is 1. The number of aromatic carboxylic acids is 1. The molecular formula is C21H16O4. The highest BCUT2D eigenvalue weighted by Crippen LogP contribution is 2.34. The minimum Gasteiger partial charge on any atom is -0.478 e. The number of carbonyl (C=O) groups is 1. The highest BCUT2D eigenvalue weighted by atomic mass is 16.4. The van der Waals surface area contributed by atoms with E-state index < -0.39 is 5.97 Å². The molecule has 0 bridgehead atoms. The normalized spacial score (nSPS) is 14.8. The van der Waals surface area contributed by atoms with Gasteiger partial charge in [-0.15, -0.1) is 0 Å². The van der Waals surface area contributed by atoms with E-state index in [9.17, 15) is 9.59 Å². The Hall–Kier alpha value is -3.14. The van der Waals surface area contributed by atoms with Gasteiger partial charge in [-0.25, -0.2) is 4.79 Å². The van der Waals surface area contributed by atoms with E-state index in [-0.39, 0.29) is 11.0 Å². The van der Waals surface area contributed by atoms with Crippen LogP contribution in [-0.2, 0) is 6.42 Å². The van der Waals surface area contributed by atoms with Gasteiger partial charge < -0.3 is 9.52 Å². The molecule has 124 valence electrons. The molecule has 0 fully saturated rings.